The Hall–Kier alpha value is -2.07. The third-order valence-corrected chi connectivity index (χ3v) is 4.55. The molecule has 0 aliphatic carbocycles. The van der Waals surface area contributed by atoms with E-state index in [0.717, 1.165) is 11.4 Å². The molecular weight excluding hydrogens is 332 g/mol. The van der Waals surface area contributed by atoms with E-state index in [4.69, 9.17) is 9.15 Å². The molecule has 1 aliphatic heterocycles. The summed E-state index contributed by atoms with van der Waals surface area (Å²) in [6.45, 7) is 7.21. The zero-order chi connectivity index (χ0) is 17.1. The summed E-state index contributed by atoms with van der Waals surface area (Å²) in [5, 5.41) is 20.2. The monoisotopic (exact) mass is 352 g/mol. The lowest BCUT2D eigenvalue weighted by molar-refractivity contribution is -0.0276. The molecule has 1 N–H and O–H groups in total. The quantitative estimate of drug-likeness (QED) is 0.899. The minimum atomic E-state index is -0.412. The Labute approximate surface area is 143 Å². The number of ether oxygens (including phenoxy) is 1. The highest BCUT2D eigenvalue weighted by Gasteiger charge is 2.30. The number of carbonyl (C=O) groups excluding carboxylic acids is 1. The van der Waals surface area contributed by atoms with E-state index >= 15 is 0 Å². The molecular formula is C14H20N6O3S. The van der Waals surface area contributed by atoms with Crippen LogP contribution in [0, 0.1) is 0 Å². The van der Waals surface area contributed by atoms with Gasteiger partial charge in [-0.3, -0.25) is 5.32 Å². The first-order valence-corrected chi connectivity index (χ1v) is 8.71. The van der Waals surface area contributed by atoms with Gasteiger partial charge in [-0.2, -0.15) is 0 Å². The van der Waals surface area contributed by atoms with Crippen LogP contribution < -0.4 is 5.32 Å². The normalized spacial score (nSPS) is 18.2. The lowest BCUT2D eigenvalue weighted by Crippen LogP contribution is -2.44. The predicted molar refractivity (Wildman–Crippen MR) is 87.0 cm³/mol. The smallest absolute Gasteiger partial charge is 0.323 e. The molecule has 1 aliphatic rings. The van der Waals surface area contributed by atoms with Crippen molar-refractivity contribution >= 4 is 22.5 Å². The average Bonchev–Trinajstić information content (AvgIpc) is 3.24. The predicted octanol–water partition coefficient (Wildman–Crippen LogP) is 2.21. The van der Waals surface area contributed by atoms with Crippen molar-refractivity contribution in [3.8, 4) is 0 Å². The van der Waals surface area contributed by atoms with Crippen LogP contribution in [0.4, 0.5) is 9.93 Å². The van der Waals surface area contributed by atoms with Crippen LogP contribution >= 0.6 is 11.3 Å². The highest BCUT2D eigenvalue weighted by molar-refractivity contribution is 7.15. The van der Waals surface area contributed by atoms with Crippen molar-refractivity contribution < 1.29 is 13.9 Å². The second-order valence-electron chi connectivity index (χ2n) is 5.72. The Morgan fingerprint density at radius 2 is 2.21 bits per heavy atom. The van der Waals surface area contributed by atoms with Crippen LogP contribution in [-0.4, -0.2) is 51.0 Å². The third-order valence-electron chi connectivity index (χ3n) is 3.56. The maximum atomic E-state index is 12.4. The molecule has 2 amide bonds. The number of morpholine rings is 1. The van der Waals surface area contributed by atoms with Gasteiger partial charge in [-0.05, 0) is 6.42 Å². The van der Waals surface area contributed by atoms with Crippen molar-refractivity contribution in [2.24, 2.45) is 0 Å². The number of urea groups is 1. The molecule has 1 atom stereocenters. The Morgan fingerprint density at radius 3 is 2.88 bits per heavy atom. The number of anilines is 1. The standard InChI is InChI=1S/C14H20N6O3S/c1-4-10-16-19-13(24-10)15-14(21)20-5-6-22-9(7-20)12-18-17-11(23-12)8(2)3/h8-9H,4-7H2,1-3H3,(H,15,19,21)/t9-/m0/s1. The Morgan fingerprint density at radius 1 is 1.38 bits per heavy atom. The number of nitrogens with zero attached hydrogens (tertiary/aromatic N) is 5. The molecule has 9 nitrogen and oxygen atoms in total. The third kappa shape index (κ3) is 3.70. The van der Waals surface area contributed by atoms with Gasteiger partial charge in [-0.15, -0.1) is 20.4 Å². The van der Waals surface area contributed by atoms with Crippen LogP contribution in [0.15, 0.2) is 4.42 Å². The van der Waals surface area contributed by atoms with Gasteiger partial charge in [0, 0.05) is 12.5 Å². The molecule has 3 heterocycles. The molecule has 130 valence electrons. The molecule has 2 aromatic heterocycles. The van der Waals surface area contributed by atoms with Gasteiger partial charge in [-0.25, -0.2) is 4.79 Å². The number of rotatable bonds is 4. The SMILES string of the molecule is CCc1nnc(NC(=O)N2CCO[C@H](c3nnc(C(C)C)o3)C2)s1. The van der Waals surface area contributed by atoms with Gasteiger partial charge in [0.05, 0.1) is 13.2 Å². The molecule has 0 bridgehead atoms. The molecule has 1 saturated heterocycles. The second kappa shape index (κ2) is 7.22. The van der Waals surface area contributed by atoms with Crippen LogP contribution in [0.1, 0.15) is 49.6 Å². The van der Waals surface area contributed by atoms with E-state index in [1.165, 1.54) is 11.3 Å². The van der Waals surface area contributed by atoms with Crippen molar-refractivity contribution in [3.05, 3.63) is 16.8 Å². The first kappa shape index (κ1) is 16.8. The summed E-state index contributed by atoms with van der Waals surface area (Å²) < 4.78 is 11.3. The van der Waals surface area contributed by atoms with Crippen molar-refractivity contribution in [1.29, 1.82) is 0 Å². The van der Waals surface area contributed by atoms with Gasteiger partial charge >= 0.3 is 6.03 Å². The summed E-state index contributed by atoms with van der Waals surface area (Å²) in [5.74, 6) is 1.12. The molecule has 0 saturated carbocycles. The average molecular weight is 352 g/mol. The van der Waals surface area contributed by atoms with Crippen LogP contribution in [0.3, 0.4) is 0 Å². The van der Waals surface area contributed by atoms with Crippen LogP contribution in [-0.2, 0) is 11.2 Å². The van der Waals surface area contributed by atoms with Crippen molar-refractivity contribution in [1.82, 2.24) is 25.3 Å². The van der Waals surface area contributed by atoms with Crippen molar-refractivity contribution in [3.63, 3.8) is 0 Å². The highest BCUT2D eigenvalue weighted by Crippen LogP contribution is 2.24. The van der Waals surface area contributed by atoms with Crippen molar-refractivity contribution in [2.75, 3.05) is 25.0 Å². The summed E-state index contributed by atoms with van der Waals surface area (Å²) in [6, 6.07) is -0.231. The van der Waals surface area contributed by atoms with E-state index < -0.39 is 6.10 Å². The van der Waals surface area contributed by atoms with Gasteiger partial charge in [0.2, 0.25) is 16.9 Å². The lowest BCUT2D eigenvalue weighted by Gasteiger charge is -2.30. The minimum absolute atomic E-state index is 0.152. The van der Waals surface area contributed by atoms with E-state index in [2.05, 4.69) is 25.7 Å². The van der Waals surface area contributed by atoms with E-state index in [0.29, 0.717) is 36.6 Å². The number of nitrogens with one attached hydrogen (secondary N) is 1. The first-order chi connectivity index (χ1) is 11.6. The molecule has 0 aromatic carbocycles. The largest absolute Gasteiger partial charge is 0.422 e. The van der Waals surface area contributed by atoms with E-state index in [-0.39, 0.29) is 11.9 Å². The van der Waals surface area contributed by atoms with E-state index in [1.54, 1.807) is 4.90 Å². The maximum absolute atomic E-state index is 12.4. The number of aromatic nitrogens is 4. The fourth-order valence-electron chi connectivity index (χ4n) is 2.21. The highest BCUT2D eigenvalue weighted by atomic mass is 32.1. The summed E-state index contributed by atoms with van der Waals surface area (Å²) >= 11 is 1.38. The van der Waals surface area contributed by atoms with Gasteiger partial charge < -0.3 is 14.1 Å². The van der Waals surface area contributed by atoms with Crippen LogP contribution in [0.2, 0.25) is 0 Å². The Bertz CT molecular complexity index is 700. The topological polar surface area (TPSA) is 106 Å². The van der Waals surface area contributed by atoms with Crippen molar-refractivity contribution in [2.45, 2.75) is 39.2 Å². The van der Waals surface area contributed by atoms with E-state index in [9.17, 15) is 4.79 Å². The zero-order valence-corrected chi connectivity index (χ0v) is 14.7. The lowest BCUT2D eigenvalue weighted by atomic mass is 10.2. The van der Waals surface area contributed by atoms with Gasteiger partial charge in [0.25, 0.3) is 0 Å². The molecule has 3 rings (SSSR count). The van der Waals surface area contributed by atoms with Crippen LogP contribution in [0.25, 0.3) is 0 Å². The number of amides is 2. The summed E-state index contributed by atoms with van der Waals surface area (Å²) in [6.07, 6.45) is 0.382. The number of hydrogen-bond acceptors (Lipinski definition) is 8. The van der Waals surface area contributed by atoms with E-state index in [1.807, 2.05) is 20.8 Å². The van der Waals surface area contributed by atoms with Gasteiger partial charge in [-0.1, -0.05) is 32.1 Å². The second-order valence-corrected chi connectivity index (χ2v) is 6.79. The summed E-state index contributed by atoms with van der Waals surface area (Å²) in [7, 11) is 0. The zero-order valence-electron chi connectivity index (χ0n) is 13.9. The molecule has 0 unspecified atom stereocenters. The molecule has 24 heavy (non-hydrogen) atoms. The summed E-state index contributed by atoms with van der Waals surface area (Å²) in [5.41, 5.74) is 0. The van der Waals surface area contributed by atoms with Crippen LogP contribution in [0.5, 0.6) is 0 Å². The van der Waals surface area contributed by atoms with Gasteiger partial charge in [0.1, 0.15) is 5.01 Å². The molecule has 10 heteroatoms. The number of carbonyl (C=O) groups is 1. The Kier molecular flexibility index (Phi) is 5.05. The summed E-state index contributed by atoms with van der Waals surface area (Å²) in [4.78, 5) is 14.0. The molecule has 2 aromatic rings. The molecule has 1 fully saturated rings. The maximum Gasteiger partial charge on any atom is 0.323 e. The fraction of sp³-hybridized carbons (Fsp3) is 0.643. The Balaban J connectivity index is 1.62. The van der Waals surface area contributed by atoms with Gasteiger partial charge in [0.15, 0.2) is 6.10 Å². The molecule has 0 spiro atoms. The molecule has 0 radical (unpaired) electrons. The fourth-order valence-corrected chi connectivity index (χ4v) is 2.88. The number of aryl methyl sites for hydroxylation is 1. The number of hydrogen-bond donors (Lipinski definition) is 1. The first-order valence-electron chi connectivity index (χ1n) is 7.90. The minimum Gasteiger partial charge on any atom is -0.422 e.